The Morgan fingerprint density at radius 1 is 1.13 bits per heavy atom. The zero-order valence-corrected chi connectivity index (χ0v) is 12.2. The van der Waals surface area contributed by atoms with Gasteiger partial charge in [-0.1, -0.05) is 24.3 Å². The minimum Gasteiger partial charge on any atom is -0.324 e. The van der Waals surface area contributed by atoms with Crippen molar-refractivity contribution in [3.8, 4) is 0 Å². The molecular formula is C17H14FN3O2. The third kappa shape index (κ3) is 3.42. The van der Waals surface area contributed by atoms with E-state index in [0.717, 1.165) is 0 Å². The highest BCUT2D eigenvalue weighted by Gasteiger charge is 2.09. The molecule has 3 aromatic rings. The lowest BCUT2D eigenvalue weighted by atomic mass is 10.2. The number of carbonyl (C=O) groups is 1. The first-order valence-corrected chi connectivity index (χ1v) is 7.16. The van der Waals surface area contributed by atoms with Gasteiger partial charge in [0.15, 0.2) is 0 Å². The zero-order chi connectivity index (χ0) is 16.2. The van der Waals surface area contributed by atoms with Crippen LogP contribution in [0.25, 0.3) is 10.9 Å². The third-order valence-corrected chi connectivity index (χ3v) is 3.40. The Kier molecular flexibility index (Phi) is 4.14. The van der Waals surface area contributed by atoms with Crippen molar-refractivity contribution in [2.24, 2.45) is 0 Å². The monoisotopic (exact) mass is 311 g/mol. The number of rotatable bonds is 4. The van der Waals surface area contributed by atoms with Gasteiger partial charge in [0.2, 0.25) is 5.91 Å². The molecular weight excluding hydrogens is 297 g/mol. The van der Waals surface area contributed by atoms with E-state index >= 15 is 0 Å². The van der Waals surface area contributed by atoms with E-state index in [0.29, 0.717) is 16.7 Å². The van der Waals surface area contributed by atoms with Gasteiger partial charge in [-0.25, -0.2) is 9.37 Å². The fourth-order valence-electron chi connectivity index (χ4n) is 2.26. The average molecular weight is 311 g/mol. The number of para-hydroxylation sites is 2. The van der Waals surface area contributed by atoms with Gasteiger partial charge in [0.1, 0.15) is 11.6 Å². The van der Waals surface area contributed by atoms with Crippen LogP contribution in [0.15, 0.2) is 53.3 Å². The largest absolute Gasteiger partial charge is 0.324 e. The highest BCUT2D eigenvalue weighted by molar-refractivity contribution is 5.90. The highest BCUT2D eigenvalue weighted by Crippen LogP contribution is 2.13. The molecule has 0 aliphatic rings. The molecule has 0 aliphatic heterocycles. The SMILES string of the molecule is O=C(CCc1nc2ccccc2c(=O)[nH]1)Nc1ccccc1F. The number of benzene rings is 2. The van der Waals surface area contributed by atoms with Gasteiger partial charge < -0.3 is 10.3 Å². The van der Waals surface area contributed by atoms with Crippen LogP contribution in [0.4, 0.5) is 10.1 Å². The summed E-state index contributed by atoms with van der Waals surface area (Å²) in [4.78, 5) is 30.8. The molecule has 3 rings (SSSR count). The quantitative estimate of drug-likeness (QED) is 0.778. The van der Waals surface area contributed by atoms with Gasteiger partial charge in [-0.15, -0.1) is 0 Å². The Balaban J connectivity index is 1.70. The number of nitrogens with one attached hydrogen (secondary N) is 2. The van der Waals surface area contributed by atoms with Crippen LogP contribution in [-0.4, -0.2) is 15.9 Å². The number of aromatic amines is 1. The Morgan fingerprint density at radius 3 is 2.70 bits per heavy atom. The number of hydrogen-bond donors (Lipinski definition) is 2. The maximum atomic E-state index is 13.5. The van der Waals surface area contributed by atoms with Gasteiger partial charge >= 0.3 is 0 Å². The molecule has 116 valence electrons. The van der Waals surface area contributed by atoms with Crippen LogP contribution in [0.3, 0.4) is 0 Å². The summed E-state index contributed by atoms with van der Waals surface area (Å²) in [6.07, 6.45) is 0.357. The van der Waals surface area contributed by atoms with Crippen LogP contribution in [0.5, 0.6) is 0 Å². The van der Waals surface area contributed by atoms with E-state index in [1.54, 1.807) is 36.4 Å². The predicted octanol–water partition coefficient (Wildman–Crippen LogP) is 2.63. The predicted molar refractivity (Wildman–Crippen MR) is 85.7 cm³/mol. The molecule has 0 saturated carbocycles. The minimum atomic E-state index is -0.488. The number of H-pyrrole nitrogens is 1. The molecule has 1 aromatic heterocycles. The van der Waals surface area contributed by atoms with E-state index in [-0.39, 0.29) is 30.0 Å². The molecule has 23 heavy (non-hydrogen) atoms. The lowest BCUT2D eigenvalue weighted by Gasteiger charge is -2.06. The number of halogens is 1. The van der Waals surface area contributed by atoms with Crippen LogP contribution in [0.1, 0.15) is 12.2 Å². The molecule has 5 nitrogen and oxygen atoms in total. The molecule has 0 aliphatic carbocycles. The third-order valence-electron chi connectivity index (χ3n) is 3.40. The smallest absolute Gasteiger partial charge is 0.258 e. The standard InChI is InChI=1S/C17H14FN3O2/c18-12-6-2-4-8-14(12)20-16(22)10-9-15-19-13-7-3-1-5-11(13)17(23)21-15/h1-8H,9-10H2,(H,20,22)(H,19,21,23). The lowest BCUT2D eigenvalue weighted by molar-refractivity contribution is -0.116. The van der Waals surface area contributed by atoms with E-state index in [9.17, 15) is 14.0 Å². The number of nitrogens with zero attached hydrogens (tertiary/aromatic N) is 1. The van der Waals surface area contributed by atoms with E-state index in [2.05, 4.69) is 15.3 Å². The number of anilines is 1. The van der Waals surface area contributed by atoms with Crippen LogP contribution >= 0.6 is 0 Å². The fraction of sp³-hybridized carbons (Fsp3) is 0.118. The number of hydrogen-bond acceptors (Lipinski definition) is 3. The first kappa shape index (κ1) is 14.9. The fourth-order valence-corrected chi connectivity index (χ4v) is 2.26. The summed E-state index contributed by atoms with van der Waals surface area (Å²) in [7, 11) is 0. The van der Waals surface area contributed by atoms with Gasteiger partial charge in [-0.3, -0.25) is 9.59 Å². The van der Waals surface area contributed by atoms with Crippen molar-refractivity contribution in [2.45, 2.75) is 12.8 Å². The van der Waals surface area contributed by atoms with Crippen molar-refractivity contribution in [3.63, 3.8) is 0 Å². The number of carbonyl (C=O) groups excluding carboxylic acids is 1. The van der Waals surface area contributed by atoms with E-state index in [4.69, 9.17) is 0 Å². The lowest BCUT2D eigenvalue weighted by Crippen LogP contribution is -2.16. The minimum absolute atomic E-state index is 0.0929. The molecule has 0 unspecified atom stereocenters. The van der Waals surface area contributed by atoms with Crippen LogP contribution in [0, 0.1) is 5.82 Å². The van der Waals surface area contributed by atoms with Gasteiger partial charge in [0.05, 0.1) is 16.6 Å². The summed E-state index contributed by atoms with van der Waals surface area (Å²) in [5.74, 6) is -0.402. The maximum absolute atomic E-state index is 13.5. The summed E-state index contributed by atoms with van der Waals surface area (Å²) in [6.45, 7) is 0. The van der Waals surface area contributed by atoms with Crippen LogP contribution in [0.2, 0.25) is 0 Å². The second-order valence-electron chi connectivity index (χ2n) is 5.06. The van der Waals surface area contributed by atoms with E-state index in [1.165, 1.54) is 12.1 Å². The van der Waals surface area contributed by atoms with Gasteiger partial charge in [-0.05, 0) is 24.3 Å². The highest BCUT2D eigenvalue weighted by atomic mass is 19.1. The van der Waals surface area contributed by atoms with Crippen molar-refractivity contribution in [1.29, 1.82) is 0 Å². The summed E-state index contributed by atoms with van der Waals surface area (Å²) in [5, 5.41) is 3.01. The number of fused-ring (bicyclic) bond motifs is 1. The first-order valence-electron chi connectivity index (χ1n) is 7.16. The Hall–Kier alpha value is -3.02. The van der Waals surface area contributed by atoms with Crippen LogP contribution in [-0.2, 0) is 11.2 Å². The molecule has 0 fully saturated rings. The number of aryl methyl sites for hydroxylation is 1. The second-order valence-corrected chi connectivity index (χ2v) is 5.06. The number of amides is 1. The van der Waals surface area contributed by atoms with Gasteiger partial charge in [0.25, 0.3) is 5.56 Å². The van der Waals surface area contributed by atoms with Gasteiger partial charge in [-0.2, -0.15) is 0 Å². The summed E-state index contributed by atoms with van der Waals surface area (Å²) >= 11 is 0. The molecule has 2 aromatic carbocycles. The Morgan fingerprint density at radius 2 is 1.87 bits per heavy atom. The summed E-state index contributed by atoms with van der Waals surface area (Å²) in [5.41, 5.74) is 0.485. The van der Waals surface area contributed by atoms with Crippen molar-refractivity contribution in [2.75, 3.05) is 5.32 Å². The second kappa shape index (κ2) is 6.39. The zero-order valence-electron chi connectivity index (χ0n) is 12.2. The Labute approximate surface area is 131 Å². The molecule has 0 radical (unpaired) electrons. The molecule has 0 bridgehead atoms. The molecule has 0 spiro atoms. The van der Waals surface area contributed by atoms with Crippen molar-refractivity contribution >= 4 is 22.5 Å². The van der Waals surface area contributed by atoms with Crippen molar-refractivity contribution in [3.05, 3.63) is 70.5 Å². The molecule has 1 amide bonds. The number of aromatic nitrogens is 2. The summed E-state index contributed by atoms with van der Waals surface area (Å²) < 4.78 is 13.5. The van der Waals surface area contributed by atoms with Crippen molar-refractivity contribution < 1.29 is 9.18 Å². The molecule has 1 heterocycles. The maximum Gasteiger partial charge on any atom is 0.258 e. The Bertz CT molecular complexity index is 921. The van der Waals surface area contributed by atoms with E-state index in [1.807, 2.05) is 0 Å². The summed E-state index contributed by atoms with van der Waals surface area (Å²) in [6, 6.07) is 12.9. The van der Waals surface area contributed by atoms with Gasteiger partial charge in [0, 0.05) is 12.8 Å². The molecule has 0 saturated heterocycles. The topological polar surface area (TPSA) is 74.8 Å². The van der Waals surface area contributed by atoms with Crippen LogP contribution < -0.4 is 10.9 Å². The first-order chi connectivity index (χ1) is 11.1. The molecule has 2 N–H and O–H groups in total. The van der Waals surface area contributed by atoms with E-state index < -0.39 is 5.82 Å². The molecule has 0 atom stereocenters. The normalized spacial score (nSPS) is 10.7. The average Bonchev–Trinajstić information content (AvgIpc) is 2.55. The van der Waals surface area contributed by atoms with Crippen molar-refractivity contribution in [1.82, 2.24) is 9.97 Å². The molecule has 6 heteroatoms.